The van der Waals surface area contributed by atoms with Gasteiger partial charge in [-0.25, -0.2) is 0 Å². The predicted molar refractivity (Wildman–Crippen MR) is 57.3 cm³/mol. The minimum absolute atomic E-state index is 0.0843. The van der Waals surface area contributed by atoms with Crippen molar-refractivity contribution in [2.24, 2.45) is 0 Å². The van der Waals surface area contributed by atoms with E-state index in [0.29, 0.717) is 5.92 Å². The maximum absolute atomic E-state index is 11.3. The third-order valence-corrected chi connectivity index (χ3v) is 2.49. The van der Waals surface area contributed by atoms with E-state index in [-0.39, 0.29) is 12.3 Å². The Bertz CT molecular complexity index is 416. The van der Waals surface area contributed by atoms with Crippen LogP contribution < -0.4 is 5.32 Å². The summed E-state index contributed by atoms with van der Waals surface area (Å²) in [6.07, 6.45) is 2.31. The summed E-state index contributed by atoms with van der Waals surface area (Å²) in [6.45, 7) is 0. The summed E-state index contributed by atoms with van der Waals surface area (Å²) >= 11 is 0. The van der Waals surface area contributed by atoms with E-state index < -0.39 is 0 Å². The fourth-order valence-corrected chi connectivity index (χ4v) is 1.63. The van der Waals surface area contributed by atoms with Gasteiger partial charge in [0.2, 0.25) is 5.91 Å². The van der Waals surface area contributed by atoms with Crippen LogP contribution in [0.5, 0.6) is 0 Å². The Morgan fingerprint density at radius 1 is 1.47 bits per heavy atom. The van der Waals surface area contributed by atoms with Crippen molar-refractivity contribution in [3.63, 3.8) is 0 Å². The average Bonchev–Trinajstić information content (AvgIpc) is 3.02. The van der Waals surface area contributed by atoms with Gasteiger partial charge in [0.15, 0.2) is 0 Å². The van der Waals surface area contributed by atoms with Crippen LogP contribution in [0.3, 0.4) is 0 Å². The summed E-state index contributed by atoms with van der Waals surface area (Å²) in [7, 11) is 0. The zero-order valence-corrected chi connectivity index (χ0v) is 8.36. The molecule has 0 aliphatic heterocycles. The van der Waals surface area contributed by atoms with Crippen molar-refractivity contribution in [3.8, 4) is 6.07 Å². The summed E-state index contributed by atoms with van der Waals surface area (Å²) in [5.41, 5.74) is 2.06. The number of carbonyl (C=O) groups is 1. The zero-order valence-electron chi connectivity index (χ0n) is 8.36. The van der Waals surface area contributed by atoms with Gasteiger partial charge in [0.1, 0.15) is 6.42 Å². The average molecular weight is 200 g/mol. The van der Waals surface area contributed by atoms with Crippen molar-refractivity contribution >= 4 is 11.6 Å². The van der Waals surface area contributed by atoms with Crippen molar-refractivity contribution in [3.05, 3.63) is 29.8 Å². The topological polar surface area (TPSA) is 52.9 Å². The molecule has 76 valence electrons. The smallest absolute Gasteiger partial charge is 0.238 e. The second-order valence-corrected chi connectivity index (χ2v) is 3.74. The largest absolute Gasteiger partial charge is 0.325 e. The Balaban J connectivity index is 2.13. The third-order valence-electron chi connectivity index (χ3n) is 2.49. The molecule has 0 atom stereocenters. The van der Waals surface area contributed by atoms with Crippen LogP contribution in [0.25, 0.3) is 0 Å². The summed E-state index contributed by atoms with van der Waals surface area (Å²) < 4.78 is 0. The number of nitrogens with one attached hydrogen (secondary N) is 1. The normalized spacial score (nSPS) is 14.3. The van der Waals surface area contributed by atoms with E-state index in [9.17, 15) is 4.79 Å². The second kappa shape index (κ2) is 4.14. The van der Waals surface area contributed by atoms with Crippen molar-refractivity contribution in [1.82, 2.24) is 0 Å². The van der Waals surface area contributed by atoms with Crippen LogP contribution in [-0.4, -0.2) is 5.91 Å². The Labute approximate surface area is 88.7 Å². The van der Waals surface area contributed by atoms with E-state index in [2.05, 4.69) is 5.32 Å². The molecular formula is C12H12N2O. The minimum Gasteiger partial charge on any atom is -0.325 e. The van der Waals surface area contributed by atoms with Gasteiger partial charge in [-0.3, -0.25) is 4.79 Å². The number of anilines is 1. The maximum atomic E-state index is 11.3. The van der Waals surface area contributed by atoms with Crippen LogP contribution in [0.15, 0.2) is 24.3 Å². The molecule has 1 N–H and O–H groups in total. The lowest BCUT2D eigenvalue weighted by Gasteiger charge is -2.08. The van der Waals surface area contributed by atoms with Crippen LogP contribution >= 0.6 is 0 Å². The fourth-order valence-electron chi connectivity index (χ4n) is 1.63. The van der Waals surface area contributed by atoms with Crippen molar-refractivity contribution in [2.45, 2.75) is 25.2 Å². The third kappa shape index (κ3) is 2.35. The highest BCUT2D eigenvalue weighted by molar-refractivity contribution is 5.92. The highest BCUT2D eigenvalue weighted by atomic mass is 16.1. The minimum atomic E-state index is -0.231. The quantitative estimate of drug-likeness (QED) is 0.814. The Morgan fingerprint density at radius 3 is 2.87 bits per heavy atom. The summed E-state index contributed by atoms with van der Waals surface area (Å²) in [4.78, 5) is 11.3. The zero-order chi connectivity index (χ0) is 10.7. The fraction of sp³-hybridized carbons (Fsp3) is 0.333. The van der Waals surface area contributed by atoms with E-state index in [1.165, 1.54) is 18.4 Å². The van der Waals surface area contributed by atoms with Crippen LogP contribution in [0.4, 0.5) is 5.69 Å². The SMILES string of the molecule is N#CCC(=O)Nc1ccccc1C1CC1. The Kier molecular flexibility index (Phi) is 2.68. The molecule has 1 aliphatic carbocycles. The molecule has 15 heavy (non-hydrogen) atoms. The first kappa shape index (κ1) is 9.72. The van der Waals surface area contributed by atoms with Crippen molar-refractivity contribution in [1.29, 1.82) is 5.26 Å². The van der Waals surface area contributed by atoms with Gasteiger partial charge in [0.05, 0.1) is 6.07 Å². The van der Waals surface area contributed by atoms with E-state index in [0.717, 1.165) is 5.69 Å². The first-order chi connectivity index (χ1) is 7.31. The van der Waals surface area contributed by atoms with Crippen LogP contribution in [0.2, 0.25) is 0 Å². The number of rotatable bonds is 3. The predicted octanol–water partition coefficient (Wildman–Crippen LogP) is 2.42. The molecule has 1 aliphatic rings. The van der Waals surface area contributed by atoms with Crippen molar-refractivity contribution in [2.75, 3.05) is 5.32 Å². The van der Waals surface area contributed by atoms with Crippen LogP contribution in [-0.2, 0) is 4.79 Å². The Hall–Kier alpha value is -1.82. The van der Waals surface area contributed by atoms with E-state index in [1.54, 1.807) is 0 Å². The summed E-state index contributed by atoms with van der Waals surface area (Å²) in [6, 6.07) is 9.65. The molecule has 3 nitrogen and oxygen atoms in total. The molecule has 0 heterocycles. The molecule has 0 bridgehead atoms. The van der Waals surface area contributed by atoms with E-state index in [4.69, 9.17) is 5.26 Å². The molecule has 1 fully saturated rings. The highest BCUT2D eigenvalue weighted by Gasteiger charge is 2.25. The highest BCUT2D eigenvalue weighted by Crippen LogP contribution is 2.43. The van der Waals surface area contributed by atoms with Crippen LogP contribution in [0, 0.1) is 11.3 Å². The molecule has 1 aromatic carbocycles. The summed E-state index contributed by atoms with van der Waals surface area (Å²) in [5, 5.41) is 11.2. The Morgan fingerprint density at radius 2 is 2.20 bits per heavy atom. The van der Waals surface area contributed by atoms with Gasteiger partial charge in [0.25, 0.3) is 0 Å². The van der Waals surface area contributed by atoms with Gasteiger partial charge in [0, 0.05) is 5.69 Å². The molecule has 1 aromatic rings. The molecule has 2 rings (SSSR count). The number of carbonyl (C=O) groups excluding carboxylic acids is 1. The van der Waals surface area contributed by atoms with Crippen molar-refractivity contribution < 1.29 is 4.79 Å². The van der Waals surface area contributed by atoms with Gasteiger partial charge in [-0.2, -0.15) is 5.26 Å². The van der Waals surface area contributed by atoms with Gasteiger partial charge in [-0.15, -0.1) is 0 Å². The molecule has 3 heteroatoms. The number of benzene rings is 1. The number of para-hydroxylation sites is 1. The molecule has 0 spiro atoms. The second-order valence-electron chi connectivity index (χ2n) is 3.74. The first-order valence-corrected chi connectivity index (χ1v) is 5.07. The maximum Gasteiger partial charge on any atom is 0.238 e. The number of nitrogens with zero attached hydrogens (tertiary/aromatic N) is 1. The van der Waals surface area contributed by atoms with Gasteiger partial charge in [-0.1, -0.05) is 18.2 Å². The van der Waals surface area contributed by atoms with Gasteiger partial charge >= 0.3 is 0 Å². The standard InChI is InChI=1S/C12H12N2O/c13-8-7-12(15)14-11-4-2-1-3-10(11)9-5-6-9/h1-4,9H,5-7H2,(H,14,15). The molecular weight excluding hydrogens is 188 g/mol. The lowest BCUT2D eigenvalue weighted by atomic mass is 10.1. The molecule has 1 amide bonds. The molecule has 0 aromatic heterocycles. The van der Waals surface area contributed by atoms with Gasteiger partial charge < -0.3 is 5.32 Å². The number of nitriles is 1. The monoisotopic (exact) mass is 200 g/mol. The van der Waals surface area contributed by atoms with Gasteiger partial charge in [-0.05, 0) is 30.4 Å². The van der Waals surface area contributed by atoms with E-state index >= 15 is 0 Å². The molecule has 1 saturated carbocycles. The van der Waals surface area contributed by atoms with Crippen LogP contribution in [0.1, 0.15) is 30.7 Å². The number of amides is 1. The summed E-state index contributed by atoms with van der Waals surface area (Å²) in [5.74, 6) is 0.370. The molecule has 0 unspecified atom stereocenters. The molecule has 0 radical (unpaired) electrons. The van der Waals surface area contributed by atoms with E-state index in [1.807, 2.05) is 30.3 Å². The molecule has 0 saturated heterocycles. The number of hydrogen-bond donors (Lipinski definition) is 1. The number of hydrogen-bond acceptors (Lipinski definition) is 2. The lowest BCUT2D eigenvalue weighted by molar-refractivity contribution is -0.115. The lowest BCUT2D eigenvalue weighted by Crippen LogP contribution is -2.11. The first-order valence-electron chi connectivity index (χ1n) is 5.07.